The van der Waals surface area contributed by atoms with Gasteiger partial charge >= 0.3 is 5.97 Å². The Morgan fingerprint density at radius 2 is 1.96 bits per heavy atom. The van der Waals surface area contributed by atoms with E-state index >= 15 is 0 Å². The molecule has 0 aromatic heterocycles. The largest absolute Gasteiger partial charge is 0.479 e. The zero-order chi connectivity index (χ0) is 19.4. The monoisotopic (exact) mass is 386 g/mol. The van der Waals surface area contributed by atoms with Crippen LogP contribution in [-0.2, 0) is 9.59 Å². The average Bonchev–Trinajstić information content (AvgIpc) is 2.97. The van der Waals surface area contributed by atoms with Gasteiger partial charge in [-0.25, -0.2) is 14.2 Å². The Hall–Kier alpha value is -3.13. The lowest BCUT2D eigenvalue weighted by Crippen LogP contribution is -2.23. The first-order chi connectivity index (χ1) is 12.9. The number of hydrogen-bond donors (Lipinski definition) is 2. The molecule has 1 atom stereocenters. The van der Waals surface area contributed by atoms with Gasteiger partial charge < -0.3 is 15.2 Å². The molecular formula is C19H15FN2O4S. The number of carbonyl (C=O) groups is 2. The lowest BCUT2D eigenvalue weighted by molar-refractivity contribution is -0.144. The number of aliphatic carboxylic acids is 1. The van der Waals surface area contributed by atoms with Crippen molar-refractivity contribution in [2.45, 2.75) is 13.0 Å². The SMILES string of the molecule is CC(Oc1ccccc1/C=C1/SC(=Nc2ccc(F)cc2)NC1=O)C(=O)O. The van der Waals surface area contributed by atoms with Crippen LogP contribution in [-0.4, -0.2) is 28.3 Å². The van der Waals surface area contributed by atoms with E-state index in [4.69, 9.17) is 9.84 Å². The molecule has 138 valence electrons. The number of rotatable bonds is 5. The molecule has 1 unspecified atom stereocenters. The van der Waals surface area contributed by atoms with E-state index in [-0.39, 0.29) is 11.7 Å². The molecule has 1 heterocycles. The number of para-hydroxylation sites is 1. The first kappa shape index (κ1) is 18.7. The minimum absolute atomic E-state index is 0.332. The van der Waals surface area contributed by atoms with E-state index in [1.54, 1.807) is 30.3 Å². The number of halogens is 1. The maximum absolute atomic E-state index is 13.0. The summed E-state index contributed by atoms with van der Waals surface area (Å²) in [5.41, 5.74) is 1.09. The van der Waals surface area contributed by atoms with Crippen molar-refractivity contribution in [2.24, 2.45) is 4.99 Å². The molecule has 0 radical (unpaired) electrons. The molecule has 3 rings (SSSR count). The summed E-state index contributed by atoms with van der Waals surface area (Å²) < 4.78 is 18.4. The number of nitrogens with zero attached hydrogens (tertiary/aromatic N) is 1. The quantitative estimate of drug-likeness (QED) is 0.767. The Balaban J connectivity index is 1.83. The molecule has 0 spiro atoms. The van der Waals surface area contributed by atoms with Crippen molar-refractivity contribution in [3.63, 3.8) is 0 Å². The lowest BCUT2D eigenvalue weighted by atomic mass is 10.2. The van der Waals surface area contributed by atoms with E-state index < -0.39 is 12.1 Å². The van der Waals surface area contributed by atoms with Crippen molar-refractivity contribution < 1.29 is 23.8 Å². The second kappa shape index (κ2) is 8.05. The van der Waals surface area contributed by atoms with E-state index in [9.17, 15) is 14.0 Å². The van der Waals surface area contributed by atoms with Crippen LogP contribution in [0.25, 0.3) is 6.08 Å². The third-order valence-electron chi connectivity index (χ3n) is 3.57. The number of amidine groups is 1. The second-order valence-electron chi connectivity index (χ2n) is 5.59. The Bertz CT molecular complexity index is 941. The van der Waals surface area contributed by atoms with E-state index in [0.29, 0.717) is 27.1 Å². The third-order valence-corrected chi connectivity index (χ3v) is 4.48. The maximum Gasteiger partial charge on any atom is 0.344 e. The van der Waals surface area contributed by atoms with E-state index in [1.165, 1.54) is 31.2 Å². The third kappa shape index (κ3) is 4.73. The molecule has 2 N–H and O–H groups in total. The summed E-state index contributed by atoms with van der Waals surface area (Å²) in [5.74, 6) is -1.42. The van der Waals surface area contributed by atoms with Gasteiger partial charge in [-0.1, -0.05) is 18.2 Å². The number of aliphatic imine (C=N–C) groups is 1. The molecule has 0 bridgehead atoms. The van der Waals surface area contributed by atoms with Gasteiger partial charge in [0.05, 0.1) is 10.6 Å². The standard InChI is InChI=1S/C19H15FN2O4S/c1-11(18(24)25)26-15-5-3-2-4-12(15)10-16-17(23)22-19(27-16)21-14-8-6-13(20)7-9-14/h2-11H,1H3,(H,24,25)(H,21,22,23)/b16-10+. The molecule has 2 aromatic carbocycles. The van der Waals surface area contributed by atoms with Crippen LogP contribution in [0.15, 0.2) is 58.4 Å². The first-order valence-corrected chi connectivity index (χ1v) is 8.77. The number of benzene rings is 2. The fourth-order valence-corrected chi connectivity index (χ4v) is 3.04. The number of nitrogens with one attached hydrogen (secondary N) is 1. The van der Waals surface area contributed by atoms with Crippen LogP contribution in [0.1, 0.15) is 12.5 Å². The van der Waals surface area contributed by atoms with Crippen molar-refractivity contribution in [2.75, 3.05) is 0 Å². The summed E-state index contributed by atoms with van der Waals surface area (Å²) in [4.78, 5) is 27.9. The van der Waals surface area contributed by atoms with Gasteiger partial charge in [-0.15, -0.1) is 0 Å². The van der Waals surface area contributed by atoms with Crippen LogP contribution < -0.4 is 10.1 Å². The molecule has 1 fully saturated rings. The number of ether oxygens (including phenoxy) is 1. The smallest absolute Gasteiger partial charge is 0.344 e. The van der Waals surface area contributed by atoms with Crippen molar-refractivity contribution >= 4 is 40.6 Å². The molecule has 27 heavy (non-hydrogen) atoms. The fraction of sp³-hybridized carbons (Fsp3) is 0.105. The molecule has 1 saturated heterocycles. The highest BCUT2D eigenvalue weighted by Crippen LogP contribution is 2.31. The Morgan fingerprint density at radius 3 is 2.67 bits per heavy atom. The average molecular weight is 386 g/mol. The molecule has 0 aliphatic carbocycles. The Morgan fingerprint density at radius 1 is 1.26 bits per heavy atom. The first-order valence-electron chi connectivity index (χ1n) is 7.96. The minimum Gasteiger partial charge on any atom is -0.479 e. The molecular weight excluding hydrogens is 371 g/mol. The number of carboxylic acid groups (broad SMARTS) is 1. The van der Waals surface area contributed by atoms with Gasteiger partial charge in [-0.2, -0.15) is 0 Å². The van der Waals surface area contributed by atoms with Crippen LogP contribution >= 0.6 is 11.8 Å². The van der Waals surface area contributed by atoms with Crippen LogP contribution in [0.5, 0.6) is 5.75 Å². The van der Waals surface area contributed by atoms with Gasteiger partial charge in [-0.3, -0.25) is 4.79 Å². The Kier molecular flexibility index (Phi) is 5.56. The van der Waals surface area contributed by atoms with Crippen molar-refractivity contribution in [1.29, 1.82) is 0 Å². The second-order valence-corrected chi connectivity index (χ2v) is 6.62. The van der Waals surface area contributed by atoms with E-state index in [0.717, 1.165) is 11.8 Å². The molecule has 2 aromatic rings. The normalized spacial score (nSPS) is 17.8. The van der Waals surface area contributed by atoms with Gasteiger partial charge in [0.15, 0.2) is 11.3 Å². The number of thioether (sulfide) groups is 1. The number of amides is 1. The summed E-state index contributed by atoms with van der Waals surface area (Å²) in [6.45, 7) is 1.43. The zero-order valence-corrected chi connectivity index (χ0v) is 15.0. The van der Waals surface area contributed by atoms with Crippen molar-refractivity contribution in [3.8, 4) is 5.75 Å². The highest BCUT2D eigenvalue weighted by Gasteiger charge is 2.24. The maximum atomic E-state index is 13.0. The molecule has 6 nitrogen and oxygen atoms in total. The summed E-state index contributed by atoms with van der Waals surface area (Å²) in [6, 6.07) is 12.4. The number of carboxylic acids is 1. The summed E-state index contributed by atoms with van der Waals surface area (Å²) in [5, 5.41) is 12.0. The number of carbonyl (C=O) groups excluding carboxylic acids is 1. The highest BCUT2D eigenvalue weighted by molar-refractivity contribution is 8.18. The van der Waals surface area contributed by atoms with Crippen molar-refractivity contribution in [1.82, 2.24) is 5.32 Å². The summed E-state index contributed by atoms with van der Waals surface area (Å²) in [6.07, 6.45) is 0.585. The predicted molar refractivity (Wildman–Crippen MR) is 101 cm³/mol. The molecule has 1 aliphatic rings. The van der Waals surface area contributed by atoms with Gasteiger partial charge in [0, 0.05) is 5.56 Å². The van der Waals surface area contributed by atoms with Gasteiger partial charge in [0.1, 0.15) is 11.6 Å². The van der Waals surface area contributed by atoms with E-state index in [2.05, 4.69) is 10.3 Å². The van der Waals surface area contributed by atoms with Crippen LogP contribution in [0, 0.1) is 5.82 Å². The summed E-state index contributed by atoms with van der Waals surface area (Å²) in [7, 11) is 0. The summed E-state index contributed by atoms with van der Waals surface area (Å²) >= 11 is 1.13. The van der Waals surface area contributed by atoms with Crippen LogP contribution in [0.4, 0.5) is 10.1 Å². The number of hydrogen-bond acceptors (Lipinski definition) is 5. The van der Waals surface area contributed by atoms with E-state index in [1.807, 2.05) is 0 Å². The van der Waals surface area contributed by atoms with Crippen molar-refractivity contribution in [3.05, 3.63) is 64.8 Å². The van der Waals surface area contributed by atoms with Gasteiger partial charge in [0.2, 0.25) is 0 Å². The topological polar surface area (TPSA) is 88.0 Å². The zero-order valence-electron chi connectivity index (χ0n) is 14.2. The molecule has 0 saturated carbocycles. The molecule has 1 amide bonds. The van der Waals surface area contributed by atoms with Gasteiger partial charge in [-0.05, 0) is 55.1 Å². The molecule has 1 aliphatic heterocycles. The lowest BCUT2D eigenvalue weighted by Gasteiger charge is -2.12. The Labute approximate surface area is 158 Å². The minimum atomic E-state index is -1.08. The van der Waals surface area contributed by atoms with Crippen LogP contribution in [0.3, 0.4) is 0 Å². The predicted octanol–water partition coefficient (Wildman–Crippen LogP) is 3.57. The highest BCUT2D eigenvalue weighted by atomic mass is 32.2. The van der Waals surface area contributed by atoms with Gasteiger partial charge in [0.25, 0.3) is 5.91 Å². The van der Waals surface area contributed by atoms with Crippen LogP contribution in [0.2, 0.25) is 0 Å². The molecule has 8 heteroatoms. The fourth-order valence-electron chi connectivity index (χ4n) is 2.20.